The molecule has 2 heterocycles. The van der Waals surface area contributed by atoms with Gasteiger partial charge in [0.05, 0.1) is 12.0 Å². The molecule has 2 N–H and O–H groups in total. The van der Waals surface area contributed by atoms with Gasteiger partial charge in [0, 0.05) is 0 Å². The molecule has 7 nitrogen and oxygen atoms in total. The minimum atomic E-state index is -5.03. The molecular formula is C12H11F3N4O3S. The molecule has 0 aliphatic carbocycles. The van der Waals surface area contributed by atoms with E-state index in [-0.39, 0.29) is 17.3 Å². The number of aryl methyl sites for hydroxylation is 1. The standard InChI is InChI=1S/C12H11F3N4O3S/c1-3-22-10(20)7-5(2)6-8(16-4-17-9(6)23-7)18-19-11(21)12(13,14)15/h4H,3H2,1-2H3,(H,19,21)(H,16,17,18). The molecular weight excluding hydrogens is 337 g/mol. The maximum absolute atomic E-state index is 12.2. The van der Waals surface area contributed by atoms with Gasteiger partial charge in [-0.1, -0.05) is 0 Å². The molecule has 0 aliphatic rings. The number of carbonyl (C=O) groups is 2. The first-order valence-electron chi connectivity index (χ1n) is 6.30. The summed E-state index contributed by atoms with van der Waals surface area (Å²) in [5.74, 6) is -2.77. The van der Waals surface area contributed by atoms with Crippen LogP contribution in [0.15, 0.2) is 6.33 Å². The highest BCUT2D eigenvalue weighted by Crippen LogP contribution is 2.33. The first-order chi connectivity index (χ1) is 10.8. The van der Waals surface area contributed by atoms with Crippen LogP contribution in [0, 0.1) is 6.92 Å². The van der Waals surface area contributed by atoms with Crippen LogP contribution in [0.4, 0.5) is 19.0 Å². The van der Waals surface area contributed by atoms with Crippen molar-refractivity contribution in [2.24, 2.45) is 0 Å². The third-order valence-electron chi connectivity index (χ3n) is 2.74. The van der Waals surface area contributed by atoms with Crippen molar-refractivity contribution in [2.45, 2.75) is 20.0 Å². The fourth-order valence-corrected chi connectivity index (χ4v) is 2.79. The number of hydrogen-bond donors (Lipinski definition) is 2. The van der Waals surface area contributed by atoms with Crippen LogP contribution in [0.2, 0.25) is 0 Å². The largest absolute Gasteiger partial charge is 0.472 e. The number of hydrogen-bond acceptors (Lipinski definition) is 7. The average molecular weight is 348 g/mol. The van der Waals surface area contributed by atoms with E-state index < -0.39 is 18.1 Å². The Morgan fingerprint density at radius 1 is 1.35 bits per heavy atom. The molecule has 0 aliphatic heterocycles. The van der Waals surface area contributed by atoms with Gasteiger partial charge in [0.15, 0.2) is 5.82 Å². The molecule has 0 fully saturated rings. The number of fused-ring (bicyclic) bond motifs is 1. The third-order valence-corrected chi connectivity index (χ3v) is 3.92. The average Bonchev–Trinajstić information content (AvgIpc) is 2.82. The number of nitrogens with one attached hydrogen (secondary N) is 2. The minimum absolute atomic E-state index is 0.0445. The molecule has 0 saturated heterocycles. The van der Waals surface area contributed by atoms with Crippen LogP contribution in [0.25, 0.3) is 10.2 Å². The number of carbonyl (C=O) groups excluding carboxylic acids is 2. The van der Waals surface area contributed by atoms with E-state index in [4.69, 9.17) is 4.74 Å². The lowest BCUT2D eigenvalue weighted by atomic mass is 10.2. The number of halogens is 3. The second-order valence-corrected chi connectivity index (χ2v) is 5.26. The Morgan fingerprint density at radius 2 is 2.04 bits per heavy atom. The number of hydrazine groups is 1. The summed E-state index contributed by atoms with van der Waals surface area (Å²) in [6.45, 7) is 3.43. The van der Waals surface area contributed by atoms with Crippen molar-refractivity contribution in [2.75, 3.05) is 12.0 Å². The van der Waals surface area contributed by atoms with Crippen molar-refractivity contribution in [1.29, 1.82) is 0 Å². The lowest BCUT2D eigenvalue weighted by molar-refractivity contribution is -0.173. The summed E-state index contributed by atoms with van der Waals surface area (Å²) in [6.07, 6.45) is -3.92. The normalized spacial score (nSPS) is 11.3. The zero-order chi connectivity index (χ0) is 17.2. The summed E-state index contributed by atoms with van der Waals surface area (Å²) >= 11 is 1.03. The molecule has 0 aromatic carbocycles. The SMILES string of the molecule is CCOC(=O)c1sc2ncnc(NNC(=O)C(F)(F)F)c2c1C. The highest BCUT2D eigenvalue weighted by atomic mass is 32.1. The lowest BCUT2D eigenvalue weighted by Crippen LogP contribution is -2.40. The monoisotopic (exact) mass is 348 g/mol. The van der Waals surface area contributed by atoms with Gasteiger partial charge in [-0.2, -0.15) is 13.2 Å². The maximum atomic E-state index is 12.2. The van der Waals surface area contributed by atoms with Gasteiger partial charge in [-0.3, -0.25) is 15.6 Å². The van der Waals surface area contributed by atoms with Gasteiger partial charge in [0.2, 0.25) is 0 Å². The number of amides is 1. The third kappa shape index (κ3) is 3.50. The number of thiophene rings is 1. The van der Waals surface area contributed by atoms with Gasteiger partial charge >= 0.3 is 18.1 Å². The topological polar surface area (TPSA) is 93.2 Å². The lowest BCUT2D eigenvalue weighted by Gasteiger charge is -2.10. The fourth-order valence-electron chi connectivity index (χ4n) is 1.74. The summed E-state index contributed by atoms with van der Waals surface area (Å²) < 4.78 is 41.5. The number of alkyl halides is 3. The van der Waals surface area contributed by atoms with Gasteiger partial charge < -0.3 is 4.74 Å². The van der Waals surface area contributed by atoms with Gasteiger partial charge in [-0.25, -0.2) is 14.8 Å². The number of rotatable bonds is 4. The van der Waals surface area contributed by atoms with Crippen LogP contribution in [0.1, 0.15) is 22.2 Å². The van der Waals surface area contributed by atoms with Gasteiger partial charge in [0.1, 0.15) is 16.0 Å². The Labute approximate surface area is 131 Å². The summed E-state index contributed by atoms with van der Waals surface area (Å²) in [6, 6.07) is 0. The van der Waals surface area contributed by atoms with Crippen molar-refractivity contribution in [1.82, 2.24) is 15.4 Å². The van der Waals surface area contributed by atoms with E-state index in [1.54, 1.807) is 13.8 Å². The van der Waals surface area contributed by atoms with Gasteiger partial charge in [-0.05, 0) is 19.4 Å². The smallest absolute Gasteiger partial charge is 0.462 e. The highest BCUT2D eigenvalue weighted by Gasteiger charge is 2.38. The van der Waals surface area contributed by atoms with Crippen LogP contribution in [-0.2, 0) is 9.53 Å². The minimum Gasteiger partial charge on any atom is -0.462 e. The Bertz CT molecular complexity index is 760. The summed E-state index contributed by atoms with van der Waals surface area (Å²) in [4.78, 5) is 31.1. The van der Waals surface area contributed by atoms with Crippen LogP contribution in [-0.4, -0.2) is 34.6 Å². The molecule has 0 spiro atoms. The van der Waals surface area contributed by atoms with Crippen LogP contribution in [0.5, 0.6) is 0 Å². The Morgan fingerprint density at radius 3 is 2.65 bits per heavy atom. The quantitative estimate of drug-likeness (QED) is 0.650. The predicted molar refractivity (Wildman–Crippen MR) is 75.9 cm³/mol. The molecule has 2 aromatic rings. The van der Waals surface area contributed by atoms with Gasteiger partial charge in [0.25, 0.3) is 0 Å². The number of ether oxygens (including phenoxy) is 1. The van der Waals surface area contributed by atoms with E-state index in [9.17, 15) is 22.8 Å². The van der Waals surface area contributed by atoms with Crippen LogP contribution >= 0.6 is 11.3 Å². The summed E-state index contributed by atoms with van der Waals surface area (Å²) in [5.41, 5.74) is 4.06. The molecule has 0 bridgehead atoms. The molecule has 0 atom stereocenters. The number of nitrogens with zero attached hydrogens (tertiary/aromatic N) is 2. The van der Waals surface area contributed by atoms with E-state index in [0.29, 0.717) is 15.8 Å². The zero-order valence-electron chi connectivity index (χ0n) is 11.9. The second-order valence-electron chi connectivity index (χ2n) is 4.26. The molecule has 0 saturated carbocycles. The Kier molecular flexibility index (Phi) is 4.68. The summed E-state index contributed by atoms with van der Waals surface area (Å²) in [7, 11) is 0. The number of anilines is 1. The van der Waals surface area contributed by atoms with E-state index in [1.165, 1.54) is 5.43 Å². The van der Waals surface area contributed by atoms with E-state index in [1.807, 2.05) is 0 Å². The summed E-state index contributed by atoms with van der Waals surface area (Å²) in [5, 5.41) is 0.336. The molecule has 1 amide bonds. The van der Waals surface area contributed by atoms with Crippen molar-refractivity contribution >= 4 is 39.2 Å². The van der Waals surface area contributed by atoms with Gasteiger partial charge in [-0.15, -0.1) is 11.3 Å². The first kappa shape index (κ1) is 16.9. The fraction of sp³-hybridized carbons (Fsp3) is 0.333. The number of esters is 1. The molecule has 0 radical (unpaired) electrons. The van der Waals surface area contributed by atoms with E-state index in [0.717, 1.165) is 17.7 Å². The molecule has 0 unspecified atom stereocenters. The first-order valence-corrected chi connectivity index (χ1v) is 7.11. The highest BCUT2D eigenvalue weighted by molar-refractivity contribution is 7.20. The van der Waals surface area contributed by atoms with Crippen molar-refractivity contribution in [3.8, 4) is 0 Å². The molecule has 11 heteroatoms. The van der Waals surface area contributed by atoms with Crippen molar-refractivity contribution < 1.29 is 27.5 Å². The molecule has 2 aromatic heterocycles. The number of aromatic nitrogens is 2. The Hall–Kier alpha value is -2.43. The maximum Gasteiger partial charge on any atom is 0.472 e. The second kappa shape index (κ2) is 6.36. The molecule has 23 heavy (non-hydrogen) atoms. The Balaban J connectivity index is 2.35. The predicted octanol–water partition coefficient (Wildman–Crippen LogP) is 2.18. The van der Waals surface area contributed by atoms with E-state index >= 15 is 0 Å². The molecule has 2 rings (SSSR count). The van der Waals surface area contributed by atoms with Crippen LogP contribution in [0.3, 0.4) is 0 Å². The molecule has 124 valence electrons. The van der Waals surface area contributed by atoms with E-state index in [2.05, 4.69) is 15.4 Å². The van der Waals surface area contributed by atoms with Crippen LogP contribution < -0.4 is 10.9 Å². The zero-order valence-corrected chi connectivity index (χ0v) is 12.8. The van der Waals surface area contributed by atoms with Crippen molar-refractivity contribution in [3.05, 3.63) is 16.8 Å². The van der Waals surface area contributed by atoms with Crippen molar-refractivity contribution in [3.63, 3.8) is 0 Å².